The average molecular weight is 556 g/mol. The molecule has 1 aliphatic rings. The fourth-order valence-electron chi connectivity index (χ4n) is 4.59. The number of nitrogens with one attached hydrogen (secondary N) is 1. The second kappa shape index (κ2) is 10.8. The number of benzene rings is 3. The zero-order chi connectivity index (χ0) is 27.7. The van der Waals surface area contributed by atoms with E-state index in [1.807, 2.05) is 57.2 Å². The topological polar surface area (TPSA) is 93.9 Å². The first-order chi connectivity index (χ1) is 17.9. The molecule has 3 N–H and O–H groups in total. The molecule has 0 aliphatic carbocycles. The molecule has 3 aromatic carbocycles. The van der Waals surface area contributed by atoms with Gasteiger partial charge in [-0.2, -0.15) is 0 Å². The largest absolute Gasteiger partial charge is 0.468 e. The molecule has 0 saturated carbocycles. The second-order valence-electron chi connectivity index (χ2n) is 10.3. The Morgan fingerprint density at radius 2 is 1.39 bits per heavy atom. The van der Waals surface area contributed by atoms with Crippen molar-refractivity contribution in [2.24, 2.45) is 0 Å². The normalized spacial score (nSPS) is 14.0. The number of hydrogen-bond donors (Lipinski definition) is 2. The Morgan fingerprint density at radius 3 is 1.87 bits per heavy atom. The minimum absolute atomic E-state index is 0.0290. The molecular weight excluding hydrogens is 525 g/mol. The number of rotatable bonds is 6. The lowest BCUT2D eigenvalue weighted by Gasteiger charge is -2.41. The lowest BCUT2D eigenvalue weighted by Crippen LogP contribution is -2.58. The maximum atomic E-state index is 13.7. The lowest BCUT2D eigenvalue weighted by molar-refractivity contribution is -0.144. The van der Waals surface area contributed by atoms with Crippen molar-refractivity contribution in [1.29, 1.82) is 0 Å². The third kappa shape index (κ3) is 5.54. The van der Waals surface area contributed by atoms with Gasteiger partial charge in [0, 0.05) is 23.1 Å². The zero-order valence-corrected chi connectivity index (χ0v) is 23.3. The molecule has 0 unspecified atom stereocenters. The number of carbonyl (C=O) groups is 2. The second-order valence-corrected chi connectivity index (χ2v) is 11.2. The van der Waals surface area contributed by atoms with Crippen molar-refractivity contribution < 1.29 is 19.1 Å². The smallest absolute Gasteiger partial charge is 0.410 e. The van der Waals surface area contributed by atoms with Crippen molar-refractivity contribution >= 4 is 46.6 Å². The first kappa shape index (κ1) is 27.6. The van der Waals surface area contributed by atoms with Gasteiger partial charge in [-0.3, -0.25) is 4.79 Å². The lowest BCUT2D eigenvalue weighted by atomic mass is 9.69. The molecule has 7 nitrogen and oxygen atoms in total. The van der Waals surface area contributed by atoms with Crippen molar-refractivity contribution in [3.63, 3.8) is 0 Å². The highest BCUT2D eigenvalue weighted by molar-refractivity contribution is 6.30. The van der Waals surface area contributed by atoms with E-state index in [-0.39, 0.29) is 12.1 Å². The molecule has 1 heterocycles. The highest BCUT2D eigenvalue weighted by Crippen LogP contribution is 2.43. The molecule has 1 aliphatic heterocycles. The van der Waals surface area contributed by atoms with Crippen LogP contribution in [0, 0.1) is 0 Å². The molecule has 1 amide bonds. The van der Waals surface area contributed by atoms with E-state index in [9.17, 15) is 9.59 Å². The third-order valence-electron chi connectivity index (χ3n) is 6.43. The molecule has 0 spiro atoms. The van der Waals surface area contributed by atoms with E-state index >= 15 is 0 Å². The number of amides is 1. The summed E-state index contributed by atoms with van der Waals surface area (Å²) >= 11 is 12.4. The summed E-state index contributed by atoms with van der Waals surface area (Å²) in [7, 11) is 1.36. The predicted molar refractivity (Wildman–Crippen MR) is 151 cm³/mol. The maximum absolute atomic E-state index is 13.7. The number of esters is 1. The standard InChI is InChI=1S/C29H31Cl2N3O4/c1-28(2,3)38-27(36)34-16-23(17-34)33-25-15-20(9-14-24(25)32)29(26(35)37-4,18-5-10-21(30)11-6-18)19-7-12-22(31)13-8-19/h5-15,23,33H,16-17,32H2,1-4H3. The molecule has 4 rings (SSSR count). The highest BCUT2D eigenvalue weighted by Gasteiger charge is 2.45. The first-order valence-corrected chi connectivity index (χ1v) is 12.9. The van der Waals surface area contributed by atoms with E-state index < -0.39 is 17.0 Å². The highest BCUT2D eigenvalue weighted by atomic mass is 35.5. The van der Waals surface area contributed by atoms with Crippen LogP contribution in [0.4, 0.5) is 16.2 Å². The number of nitrogen functional groups attached to an aromatic ring is 1. The van der Waals surface area contributed by atoms with E-state index in [0.29, 0.717) is 51.2 Å². The molecule has 3 aromatic rings. The number of nitrogens with zero attached hydrogens (tertiary/aromatic N) is 1. The van der Waals surface area contributed by atoms with Crippen LogP contribution >= 0.6 is 23.2 Å². The van der Waals surface area contributed by atoms with Crippen LogP contribution in [0.3, 0.4) is 0 Å². The van der Waals surface area contributed by atoms with Crippen LogP contribution in [0.15, 0.2) is 66.7 Å². The van der Waals surface area contributed by atoms with Crippen molar-refractivity contribution in [2.75, 3.05) is 31.2 Å². The number of likely N-dealkylation sites (tertiary alicyclic amines) is 1. The van der Waals surface area contributed by atoms with Gasteiger partial charge in [0.25, 0.3) is 0 Å². The van der Waals surface area contributed by atoms with Gasteiger partial charge in [-0.25, -0.2) is 4.79 Å². The minimum atomic E-state index is -1.32. The Labute approximate surface area is 232 Å². The Kier molecular flexibility index (Phi) is 7.81. The summed E-state index contributed by atoms with van der Waals surface area (Å²) in [6.07, 6.45) is -0.354. The van der Waals surface area contributed by atoms with Gasteiger partial charge < -0.3 is 25.4 Å². The summed E-state index contributed by atoms with van der Waals surface area (Å²) < 4.78 is 10.8. The molecule has 0 aromatic heterocycles. The van der Waals surface area contributed by atoms with Gasteiger partial charge in [-0.15, -0.1) is 0 Å². The summed E-state index contributed by atoms with van der Waals surface area (Å²) in [5, 5.41) is 4.50. The number of nitrogens with two attached hydrogens (primary N) is 1. The van der Waals surface area contributed by atoms with Crippen LogP contribution < -0.4 is 11.1 Å². The van der Waals surface area contributed by atoms with Gasteiger partial charge in [-0.1, -0.05) is 53.5 Å². The maximum Gasteiger partial charge on any atom is 0.410 e. The summed E-state index contributed by atoms with van der Waals surface area (Å²) in [5.41, 5.74) is 7.61. The van der Waals surface area contributed by atoms with E-state index in [4.69, 9.17) is 38.4 Å². The van der Waals surface area contributed by atoms with Crippen LogP contribution in [-0.4, -0.2) is 48.8 Å². The predicted octanol–water partition coefficient (Wildman–Crippen LogP) is 6.11. The van der Waals surface area contributed by atoms with Crippen molar-refractivity contribution in [2.45, 2.75) is 37.8 Å². The minimum Gasteiger partial charge on any atom is -0.468 e. The van der Waals surface area contributed by atoms with Gasteiger partial charge in [0.05, 0.1) is 24.5 Å². The summed E-state index contributed by atoms with van der Waals surface area (Å²) in [6, 6.07) is 19.6. The van der Waals surface area contributed by atoms with E-state index in [1.54, 1.807) is 35.2 Å². The molecule has 9 heteroatoms. The fourth-order valence-corrected chi connectivity index (χ4v) is 4.84. The molecular formula is C29H31Cl2N3O4. The fraction of sp³-hybridized carbons (Fsp3) is 0.310. The number of halogens is 2. The molecule has 200 valence electrons. The zero-order valence-electron chi connectivity index (χ0n) is 21.8. The van der Waals surface area contributed by atoms with Gasteiger partial charge in [0.15, 0.2) is 0 Å². The van der Waals surface area contributed by atoms with E-state index in [2.05, 4.69) is 5.32 Å². The van der Waals surface area contributed by atoms with Gasteiger partial charge in [-0.05, 0) is 73.9 Å². The first-order valence-electron chi connectivity index (χ1n) is 12.2. The van der Waals surface area contributed by atoms with E-state index in [0.717, 1.165) is 0 Å². The molecule has 1 fully saturated rings. The Bertz CT molecular complexity index is 1270. The van der Waals surface area contributed by atoms with Crippen LogP contribution in [0.25, 0.3) is 0 Å². The Hall–Kier alpha value is -3.42. The van der Waals surface area contributed by atoms with Crippen LogP contribution in [0.1, 0.15) is 37.5 Å². The van der Waals surface area contributed by atoms with Crippen LogP contribution in [0.2, 0.25) is 10.0 Å². The molecule has 1 saturated heterocycles. The summed E-state index contributed by atoms with van der Waals surface area (Å²) in [5.74, 6) is -0.474. The molecule has 38 heavy (non-hydrogen) atoms. The Balaban J connectivity index is 1.73. The van der Waals surface area contributed by atoms with Crippen molar-refractivity contribution in [3.8, 4) is 0 Å². The monoisotopic (exact) mass is 555 g/mol. The summed E-state index contributed by atoms with van der Waals surface area (Å²) in [4.78, 5) is 27.7. The van der Waals surface area contributed by atoms with Crippen molar-refractivity contribution in [3.05, 3.63) is 93.5 Å². The average Bonchev–Trinajstić information content (AvgIpc) is 2.83. The molecule has 0 bridgehead atoms. The van der Waals surface area contributed by atoms with Gasteiger partial charge in [0.2, 0.25) is 0 Å². The number of ether oxygens (including phenoxy) is 2. The van der Waals surface area contributed by atoms with Gasteiger partial charge in [0.1, 0.15) is 11.0 Å². The third-order valence-corrected chi connectivity index (χ3v) is 6.93. The van der Waals surface area contributed by atoms with Crippen LogP contribution in [-0.2, 0) is 19.7 Å². The quantitative estimate of drug-likeness (QED) is 0.216. The number of carbonyl (C=O) groups excluding carboxylic acids is 2. The summed E-state index contributed by atoms with van der Waals surface area (Å²) in [6.45, 7) is 6.44. The Morgan fingerprint density at radius 1 is 0.895 bits per heavy atom. The molecule has 0 radical (unpaired) electrons. The number of methoxy groups -OCH3 is 1. The van der Waals surface area contributed by atoms with Crippen molar-refractivity contribution in [1.82, 2.24) is 4.90 Å². The van der Waals surface area contributed by atoms with Gasteiger partial charge >= 0.3 is 12.1 Å². The van der Waals surface area contributed by atoms with Crippen LogP contribution in [0.5, 0.6) is 0 Å². The SMILES string of the molecule is COC(=O)C(c1ccc(Cl)cc1)(c1ccc(Cl)cc1)c1ccc(N)c(NC2CN(C(=O)OC(C)(C)C)C2)c1. The molecule has 0 atom stereocenters. The number of anilines is 2. The number of hydrogen-bond acceptors (Lipinski definition) is 6. The van der Waals surface area contributed by atoms with E-state index in [1.165, 1.54) is 7.11 Å².